The third-order valence-electron chi connectivity index (χ3n) is 2.28. The molecule has 0 saturated carbocycles. The fourth-order valence-corrected chi connectivity index (χ4v) is 1.55. The smallest absolute Gasteiger partial charge is 0.189 e. The van der Waals surface area contributed by atoms with Gasteiger partial charge in [0.2, 0.25) is 0 Å². The highest BCUT2D eigenvalue weighted by Gasteiger charge is 2.11. The van der Waals surface area contributed by atoms with Gasteiger partial charge in [-0.15, -0.1) is 0 Å². The molecule has 0 fully saturated rings. The monoisotopic (exact) mass is 228 g/mol. The molecule has 0 spiro atoms. The van der Waals surface area contributed by atoms with Gasteiger partial charge < -0.3 is 16.0 Å². The Bertz CT molecular complexity index is 214. The second-order valence-corrected chi connectivity index (χ2v) is 5.22. The third kappa shape index (κ3) is 7.51. The van der Waals surface area contributed by atoms with Crippen molar-refractivity contribution in [3.63, 3.8) is 0 Å². The Labute approximate surface area is 100 Å². The van der Waals surface area contributed by atoms with Crippen LogP contribution >= 0.6 is 0 Å². The van der Waals surface area contributed by atoms with Gasteiger partial charge in [0.1, 0.15) is 0 Å². The number of aliphatic imine (C=N–C) groups is 1. The minimum Gasteiger partial charge on any atom is -0.370 e. The Hall–Kier alpha value is -0.770. The molecule has 0 bridgehead atoms. The Morgan fingerprint density at radius 2 is 1.81 bits per heavy atom. The molecule has 0 aromatic rings. The third-order valence-corrected chi connectivity index (χ3v) is 2.28. The molecule has 0 radical (unpaired) electrons. The van der Waals surface area contributed by atoms with E-state index in [2.05, 4.69) is 56.8 Å². The molecule has 0 aromatic carbocycles. The van der Waals surface area contributed by atoms with Crippen LogP contribution in [0.4, 0.5) is 0 Å². The van der Waals surface area contributed by atoms with Gasteiger partial charge in [-0.3, -0.25) is 0 Å². The Morgan fingerprint density at radius 3 is 2.19 bits per heavy atom. The number of rotatable bonds is 5. The molecule has 0 aliphatic rings. The van der Waals surface area contributed by atoms with Crippen LogP contribution < -0.4 is 11.1 Å². The summed E-state index contributed by atoms with van der Waals surface area (Å²) in [7, 11) is 0. The number of likely N-dealkylation sites (N-methyl/N-ethyl adjacent to an activating group) is 1. The molecule has 0 heterocycles. The molecule has 0 rings (SSSR count). The van der Waals surface area contributed by atoms with E-state index in [4.69, 9.17) is 5.73 Å². The van der Waals surface area contributed by atoms with Gasteiger partial charge in [0, 0.05) is 12.1 Å². The van der Waals surface area contributed by atoms with Gasteiger partial charge in [0.15, 0.2) is 5.96 Å². The topological polar surface area (TPSA) is 53.6 Å². The van der Waals surface area contributed by atoms with E-state index in [0.29, 0.717) is 5.96 Å². The second kappa shape index (κ2) is 6.74. The van der Waals surface area contributed by atoms with Crippen LogP contribution in [-0.4, -0.2) is 42.1 Å². The zero-order valence-electron chi connectivity index (χ0n) is 11.7. The molecular weight excluding hydrogens is 200 g/mol. The van der Waals surface area contributed by atoms with Crippen LogP contribution in [0.3, 0.4) is 0 Å². The summed E-state index contributed by atoms with van der Waals surface area (Å²) < 4.78 is 0. The Kier molecular flexibility index (Phi) is 6.41. The first-order valence-corrected chi connectivity index (χ1v) is 6.12. The van der Waals surface area contributed by atoms with Crippen molar-refractivity contribution in [1.29, 1.82) is 0 Å². The van der Waals surface area contributed by atoms with Crippen molar-refractivity contribution < 1.29 is 0 Å². The number of nitrogens with two attached hydrogens (primary N) is 1. The quantitative estimate of drug-likeness (QED) is 0.553. The van der Waals surface area contributed by atoms with Gasteiger partial charge >= 0.3 is 0 Å². The number of hydrogen-bond donors (Lipinski definition) is 2. The lowest BCUT2D eigenvalue weighted by molar-refractivity contribution is 0.289. The van der Waals surface area contributed by atoms with E-state index in [0.717, 1.165) is 19.6 Å². The fourth-order valence-electron chi connectivity index (χ4n) is 1.55. The van der Waals surface area contributed by atoms with E-state index in [-0.39, 0.29) is 11.6 Å². The van der Waals surface area contributed by atoms with Crippen molar-refractivity contribution in [3.05, 3.63) is 0 Å². The van der Waals surface area contributed by atoms with Gasteiger partial charge in [0.05, 0.1) is 6.04 Å². The van der Waals surface area contributed by atoms with Crippen molar-refractivity contribution in [2.45, 2.75) is 53.1 Å². The van der Waals surface area contributed by atoms with Crippen molar-refractivity contribution >= 4 is 5.96 Å². The van der Waals surface area contributed by atoms with Crippen LogP contribution in [0.2, 0.25) is 0 Å². The normalized spacial score (nSPS) is 15.3. The van der Waals surface area contributed by atoms with E-state index in [1.54, 1.807) is 0 Å². The fraction of sp³-hybridized carbons (Fsp3) is 0.917. The van der Waals surface area contributed by atoms with Gasteiger partial charge in [0.25, 0.3) is 0 Å². The molecule has 0 aliphatic heterocycles. The average Bonchev–Trinajstić information content (AvgIpc) is 2.10. The lowest BCUT2D eigenvalue weighted by Crippen LogP contribution is -2.46. The van der Waals surface area contributed by atoms with Crippen LogP contribution in [-0.2, 0) is 0 Å². The molecule has 16 heavy (non-hydrogen) atoms. The van der Waals surface area contributed by atoms with Crippen molar-refractivity contribution in [2.75, 3.05) is 19.6 Å². The van der Waals surface area contributed by atoms with Crippen molar-refractivity contribution in [1.82, 2.24) is 10.2 Å². The van der Waals surface area contributed by atoms with Gasteiger partial charge in [-0.05, 0) is 40.8 Å². The summed E-state index contributed by atoms with van der Waals surface area (Å²) >= 11 is 0. The summed E-state index contributed by atoms with van der Waals surface area (Å²) in [6.07, 6.45) is 0. The molecule has 4 nitrogen and oxygen atoms in total. The van der Waals surface area contributed by atoms with E-state index in [9.17, 15) is 0 Å². The largest absolute Gasteiger partial charge is 0.370 e. The summed E-state index contributed by atoms with van der Waals surface area (Å²) in [5, 5.41) is 3.17. The van der Waals surface area contributed by atoms with Crippen LogP contribution in [0.5, 0.6) is 0 Å². The lowest BCUT2D eigenvalue weighted by atomic mass is 10.1. The van der Waals surface area contributed by atoms with Crippen molar-refractivity contribution in [2.24, 2.45) is 10.7 Å². The highest BCUT2D eigenvalue weighted by atomic mass is 15.2. The number of nitrogens with one attached hydrogen (secondary N) is 1. The van der Waals surface area contributed by atoms with Crippen LogP contribution in [0, 0.1) is 0 Å². The molecule has 4 heteroatoms. The first-order valence-electron chi connectivity index (χ1n) is 6.12. The van der Waals surface area contributed by atoms with Crippen LogP contribution in [0.25, 0.3) is 0 Å². The van der Waals surface area contributed by atoms with Crippen molar-refractivity contribution in [3.8, 4) is 0 Å². The highest BCUT2D eigenvalue weighted by Crippen LogP contribution is 1.99. The summed E-state index contributed by atoms with van der Waals surface area (Å²) in [4.78, 5) is 6.79. The molecule has 0 aromatic heterocycles. The van der Waals surface area contributed by atoms with Gasteiger partial charge in [-0.1, -0.05) is 13.8 Å². The van der Waals surface area contributed by atoms with E-state index < -0.39 is 0 Å². The van der Waals surface area contributed by atoms with E-state index >= 15 is 0 Å². The molecule has 1 unspecified atom stereocenters. The SMILES string of the molecule is CCN(CC)CC(C)N=C(N)NC(C)(C)C. The maximum atomic E-state index is 5.84. The molecule has 3 N–H and O–H groups in total. The van der Waals surface area contributed by atoms with E-state index in [1.807, 2.05) is 0 Å². The lowest BCUT2D eigenvalue weighted by Gasteiger charge is -2.24. The Morgan fingerprint density at radius 1 is 1.31 bits per heavy atom. The standard InChI is InChI=1S/C12H28N4/c1-7-16(8-2)9-10(3)14-11(13)15-12(4,5)6/h10H,7-9H2,1-6H3,(H3,13,14,15). The van der Waals surface area contributed by atoms with E-state index in [1.165, 1.54) is 0 Å². The molecule has 1 atom stereocenters. The summed E-state index contributed by atoms with van der Waals surface area (Å²) in [5.74, 6) is 0.534. The predicted molar refractivity (Wildman–Crippen MR) is 71.8 cm³/mol. The predicted octanol–water partition coefficient (Wildman–Crippen LogP) is 1.42. The Balaban J connectivity index is 4.19. The minimum atomic E-state index is -0.0253. The number of nitrogens with zero attached hydrogens (tertiary/aromatic N) is 2. The second-order valence-electron chi connectivity index (χ2n) is 5.22. The zero-order chi connectivity index (χ0) is 12.8. The van der Waals surface area contributed by atoms with Crippen LogP contribution in [0.1, 0.15) is 41.5 Å². The zero-order valence-corrected chi connectivity index (χ0v) is 11.7. The molecule has 96 valence electrons. The van der Waals surface area contributed by atoms with Gasteiger partial charge in [-0.25, -0.2) is 4.99 Å². The first kappa shape index (κ1) is 15.2. The van der Waals surface area contributed by atoms with Gasteiger partial charge in [-0.2, -0.15) is 0 Å². The summed E-state index contributed by atoms with van der Waals surface area (Å²) in [5.41, 5.74) is 5.81. The number of guanidine groups is 1. The molecule has 0 amide bonds. The maximum Gasteiger partial charge on any atom is 0.189 e. The maximum absolute atomic E-state index is 5.84. The first-order chi connectivity index (χ1) is 7.28. The highest BCUT2D eigenvalue weighted by molar-refractivity contribution is 5.78. The summed E-state index contributed by atoms with van der Waals surface area (Å²) in [6.45, 7) is 15.7. The minimum absolute atomic E-state index is 0.0253. The molecular formula is C12H28N4. The molecule has 0 aliphatic carbocycles. The summed E-state index contributed by atoms with van der Waals surface area (Å²) in [6, 6.07) is 0.231. The molecule has 0 saturated heterocycles. The van der Waals surface area contributed by atoms with Crippen LogP contribution in [0.15, 0.2) is 4.99 Å². The average molecular weight is 228 g/mol. The number of hydrogen-bond acceptors (Lipinski definition) is 2.